The molecule has 5 aromatic carbocycles. The number of nitrogens with one attached hydrogen (secondary N) is 1. The number of carboxylic acid groups (broad SMARTS) is 1. The molecule has 0 radical (unpaired) electrons. The van der Waals surface area contributed by atoms with Crippen molar-refractivity contribution in [2.45, 2.75) is 19.5 Å². The zero-order valence-corrected chi connectivity index (χ0v) is 22.3. The Balaban J connectivity index is 1.38. The van der Waals surface area contributed by atoms with Gasteiger partial charge in [-0.15, -0.1) is 0 Å². The predicted molar refractivity (Wildman–Crippen MR) is 160 cm³/mol. The van der Waals surface area contributed by atoms with Gasteiger partial charge in [0.25, 0.3) is 5.91 Å². The molecule has 0 fully saturated rings. The summed E-state index contributed by atoms with van der Waals surface area (Å²) >= 11 is 0. The molecular weight excluding hydrogens is 515 g/mol. The lowest BCUT2D eigenvalue weighted by atomic mass is 9.99. The van der Waals surface area contributed by atoms with Gasteiger partial charge >= 0.3 is 5.97 Å². The number of carbonyl (C=O) groups is 2. The van der Waals surface area contributed by atoms with Gasteiger partial charge in [0.05, 0.1) is 22.7 Å². The number of hydrogen-bond acceptors (Lipinski definition) is 2. The molecule has 41 heavy (non-hydrogen) atoms. The van der Waals surface area contributed by atoms with Gasteiger partial charge in [0.2, 0.25) is 0 Å². The fourth-order valence-corrected chi connectivity index (χ4v) is 5.28. The monoisotopic (exact) mass is 542 g/mol. The van der Waals surface area contributed by atoms with Gasteiger partial charge < -0.3 is 15.0 Å². The Labute approximate surface area is 236 Å². The molecule has 1 heterocycles. The van der Waals surface area contributed by atoms with Crippen molar-refractivity contribution >= 4 is 33.6 Å². The number of benzene rings is 5. The smallest absolute Gasteiger partial charge is 0.335 e. The van der Waals surface area contributed by atoms with Crippen LogP contribution in [0, 0.1) is 5.82 Å². The van der Waals surface area contributed by atoms with Crippen LogP contribution < -0.4 is 5.32 Å². The first-order valence-corrected chi connectivity index (χ1v) is 13.4. The highest BCUT2D eigenvalue weighted by molar-refractivity contribution is 6.08. The first-order valence-electron chi connectivity index (χ1n) is 13.4. The van der Waals surface area contributed by atoms with E-state index in [-0.39, 0.29) is 23.3 Å². The summed E-state index contributed by atoms with van der Waals surface area (Å²) in [7, 11) is 0. The lowest BCUT2D eigenvalue weighted by Gasteiger charge is -2.17. The third kappa shape index (κ3) is 5.32. The van der Waals surface area contributed by atoms with Crippen LogP contribution in [-0.4, -0.2) is 21.6 Å². The highest BCUT2D eigenvalue weighted by atomic mass is 19.1. The molecule has 0 unspecified atom stereocenters. The Hall–Kier alpha value is -5.23. The minimum atomic E-state index is -0.993. The molecule has 0 spiro atoms. The second-order valence-electron chi connectivity index (χ2n) is 10.2. The third-order valence-electron chi connectivity index (χ3n) is 7.44. The number of hydrogen-bond donors (Lipinski definition) is 2. The Morgan fingerprint density at radius 2 is 1.54 bits per heavy atom. The van der Waals surface area contributed by atoms with Gasteiger partial charge in [0, 0.05) is 18.1 Å². The molecular formula is C35H27FN2O3. The minimum absolute atomic E-state index is 0.196. The van der Waals surface area contributed by atoms with Crippen molar-refractivity contribution in [3.63, 3.8) is 0 Å². The number of fused-ring (bicyclic) bond motifs is 2. The molecule has 1 aromatic heterocycles. The van der Waals surface area contributed by atoms with Crippen LogP contribution in [0.4, 0.5) is 4.39 Å². The lowest BCUT2D eigenvalue weighted by molar-refractivity contribution is 0.0696. The SMILES string of the molecule is C[C@H](NC(=O)c1cc(-c2ccccc2)cc2ccn(Cc3ccc4cc(F)ccc4c3)c12)c1ccc(C(=O)O)cc1. The normalized spacial score (nSPS) is 12.0. The average Bonchev–Trinajstić information content (AvgIpc) is 3.39. The second kappa shape index (κ2) is 10.7. The minimum Gasteiger partial charge on any atom is -0.478 e. The molecule has 0 bridgehead atoms. The zero-order valence-electron chi connectivity index (χ0n) is 22.3. The van der Waals surface area contributed by atoms with Gasteiger partial charge in [-0.25, -0.2) is 9.18 Å². The fraction of sp³-hybridized carbons (Fsp3) is 0.0857. The van der Waals surface area contributed by atoms with Crippen LogP contribution >= 0.6 is 0 Å². The number of aromatic nitrogens is 1. The lowest BCUT2D eigenvalue weighted by Crippen LogP contribution is -2.27. The molecule has 1 amide bonds. The van der Waals surface area contributed by atoms with Crippen LogP contribution in [-0.2, 0) is 6.54 Å². The van der Waals surface area contributed by atoms with Crippen molar-refractivity contribution in [3.8, 4) is 11.1 Å². The van der Waals surface area contributed by atoms with Crippen LogP contribution in [0.3, 0.4) is 0 Å². The summed E-state index contributed by atoms with van der Waals surface area (Å²) in [5, 5.41) is 15.1. The fourth-order valence-electron chi connectivity index (χ4n) is 5.28. The maximum absolute atomic E-state index is 13.9. The Morgan fingerprint density at radius 1 is 0.805 bits per heavy atom. The van der Waals surface area contributed by atoms with Crippen molar-refractivity contribution in [3.05, 3.63) is 143 Å². The van der Waals surface area contributed by atoms with E-state index in [0.717, 1.165) is 43.9 Å². The molecule has 1 atom stereocenters. The summed E-state index contributed by atoms with van der Waals surface area (Å²) in [6.45, 7) is 2.41. The van der Waals surface area contributed by atoms with E-state index in [1.807, 2.05) is 73.8 Å². The Morgan fingerprint density at radius 3 is 2.29 bits per heavy atom. The number of carboxylic acids is 1. The number of halogens is 1. The van der Waals surface area contributed by atoms with E-state index in [4.69, 9.17) is 0 Å². The number of nitrogens with zero attached hydrogens (tertiary/aromatic N) is 1. The molecule has 5 nitrogen and oxygen atoms in total. The van der Waals surface area contributed by atoms with E-state index in [1.165, 1.54) is 24.3 Å². The van der Waals surface area contributed by atoms with E-state index < -0.39 is 5.97 Å². The maximum atomic E-state index is 13.9. The van der Waals surface area contributed by atoms with Crippen molar-refractivity contribution in [2.24, 2.45) is 0 Å². The third-order valence-corrected chi connectivity index (χ3v) is 7.44. The van der Waals surface area contributed by atoms with Crippen LogP contribution in [0.5, 0.6) is 0 Å². The molecule has 0 saturated heterocycles. The van der Waals surface area contributed by atoms with Crippen molar-refractivity contribution in [2.75, 3.05) is 0 Å². The first kappa shape index (κ1) is 26.0. The summed E-state index contributed by atoms with van der Waals surface area (Å²) in [6, 6.07) is 32.8. The standard InChI is InChI=1S/C35H27FN2O3/c1-22(24-9-11-26(12-10-24)35(40)41)37-34(39)32-20-30(25-5-3-2-4-6-25)18-29-15-16-38(33(29)32)21-23-7-8-28-19-31(36)14-13-27(28)17-23/h2-20,22H,21H2,1H3,(H,37,39)(H,40,41)/t22-/m0/s1. The van der Waals surface area contributed by atoms with Crippen LogP contribution in [0.15, 0.2) is 115 Å². The Kier molecular flexibility index (Phi) is 6.81. The molecule has 0 saturated carbocycles. The van der Waals surface area contributed by atoms with Gasteiger partial charge in [-0.1, -0.05) is 60.7 Å². The summed E-state index contributed by atoms with van der Waals surface area (Å²) in [5.41, 5.74) is 5.34. The van der Waals surface area contributed by atoms with Crippen LogP contribution in [0.2, 0.25) is 0 Å². The molecule has 202 valence electrons. The Bertz CT molecular complexity index is 1910. The number of rotatable bonds is 7. The highest BCUT2D eigenvalue weighted by Crippen LogP contribution is 2.30. The summed E-state index contributed by atoms with van der Waals surface area (Å²) in [5.74, 6) is -1.48. The van der Waals surface area contributed by atoms with Gasteiger partial charge in [-0.3, -0.25) is 4.79 Å². The molecule has 0 aliphatic carbocycles. The second-order valence-corrected chi connectivity index (χ2v) is 10.2. The molecule has 6 aromatic rings. The largest absolute Gasteiger partial charge is 0.478 e. The van der Waals surface area contributed by atoms with E-state index in [0.29, 0.717) is 12.1 Å². The van der Waals surface area contributed by atoms with Gasteiger partial charge in [-0.05, 0) is 88.5 Å². The zero-order chi connectivity index (χ0) is 28.5. The van der Waals surface area contributed by atoms with E-state index in [2.05, 4.69) is 16.0 Å². The van der Waals surface area contributed by atoms with Crippen LogP contribution in [0.25, 0.3) is 32.8 Å². The number of amides is 1. The summed E-state index contributed by atoms with van der Waals surface area (Å²) in [4.78, 5) is 25.1. The summed E-state index contributed by atoms with van der Waals surface area (Å²) in [6.07, 6.45) is 1.99. The number of carbonyl (C=O) groups excluding carboxylic acids is 1. The van der Waals surface area contributed by atoms with Gasteiger partial charge in [-0.2, -0.15) is 0 Å². The van der Waals surface area contributed by atoms with Crippen LogP contribution in [0.1, 0.15) is 44.8 Å². The predicted octanol–water partition coefficient (Wildman–Crippen LogP) is 7.84. The average molecular weight is 543 g/mol. The van der Waals surface area contributed by atoms with E-state index in [1.54, 1.807) is 18.2 Å². The highest BCUT2D eigenvalue weighted by Gasteiger charge is 2.19. The van der Waals surface area contributed by atoms with Crippen molar-refractivity contribution < 1.29 is 19.1 Å². The van der Waals surface area contributed by atoms with E-state index in [9.17, 15) is 19.1 Å². The summed E-state index contributed by atoms with van der Waals surface area (Å²) < 4.78 is 15.7. The topological polar surface area (TPSA) is 71.3 Å². The van der Waals surface area contributed by atoms with Crippen molar-refractivity contribution in [1.82, 2.24) is 9.88 Å². The molecule has 6 rings (SSSR count). The first-order chi connectivity index (χ1) is 19.9. The molecule has 0 aliphatic heterocycles. The molecule has 0 aliphatic rings. The van der Waals surface area contributed by atoms with Gasteiger partial charge in [0.1, 0.15) is 5.82 Å². The van der Waals surface area contributed by atoms with Gasteiger partial charge in [0.15, 0.2) is 0 Å². The molecule has 2 N–H and O–H groups in total. The molecule has 6 heteroatoms. The van der Waals surface area contributed by atoms with Crippen molar-refractivity contribution in [1.29, 1.82) is 0 Å². The number of aromatic carboxylic acids is 1. The van der Waals surface area contributed by atoms with E-state index >= 15 is 0 Å². The quantitative estimate of drug-likeness (QED) is 0.216. The maximum Gasteiger partial charge on any atom is 0.335 e.